The summed E-state index contributed by atoms with van der Waals surface area (Å²) in [5, 5.41) is 0. The molecule has 1 heterocycles. The SMILES string of the molecule is CC.CC.c1cocn1. The normalized spacial score (nSPS) is 5.78. The zero-order valence-electron chi connectivity index (χ0n) is 6.59. The average Bonchev–Trinajstić information content (AvgIpc) is 2.51. The van der Waals surface area contributed by atoms with Gasteiger partial charge < -0.3 is 4.42 Å². The van der Waals surface area contributed by atoms with Crippen LogP contribution in [0, 0.1) is 0 Å². The molecule has 1 rings (SSSR count). The van der Waals surface area contributed by atoms with Gasteiger partial charge in [-0.1, -0.05) is 27.7 Å². The summed E-state index contributed by atoms with van der Waals surface area (Å²) in [6.07, 6.45) is 4.47. The number of rotatable bonds is 0. The molecule has 54 valence electrons. The molecule has 0 aromatic carbocycles. The molecule has 0 amide bonds. The van der Waals surface area contributed by atoms with Crippen LogP contribution >= 0.6 is 0 Å². The van der Waals surface area contributed by atoms with E-state index in [0.717, 1.165) is 0 Å². The smallest absolute Gasteiger partial charge is 0.180 e. The molecular weight excluding hydrogens is 114 g/mol. The van der Waals surface area contributed by atoms with E-state index in [0.29, 0.717) is 0 Å². The fourth-order valence-electron chi connectivity index (χ4n) is 0.176. The number of oxazole rings is 1. The van der Waals surface area contributed by atoms with Gasteiger partial charge >= 0.3 is 0 Å². The Labute approximate surface area is 56.9 Å². The summed E-state index contributed by atoms with van der Waals surface area (Å²) in [6, 6.07) is 0. The van der Waals surface area contributed by atoms with Crippen molar-refractivity contribution in [3.8, 4) is 0 Å². The lowest BCUT2D eigenvalue weighted by atomic mass is 11.0. The zero-order valence-corrected chi connectivity index (χ0v) is 6.59. The molecule has 0 N–H and O–H groups in total. The van der Waals surface area contributed by atoms with Crippen molar-refractivity contribution in [2.75, 3.05) is 0 Å². The van der Waals surface area contributed by atoms with E-state index in [-0.39, 0.29) is 0 Å². The Hall–Kier alpha value is -0.790. The summed E-state index contributed by atoms with van der Waals surface area (Å²) in [5.74, 6) is 0. The quantitative estimate of drug-likeness (QED) is 0.538. The number of aromatic nitrogens is 1. The molecule has 0 saturated heterocycles. The van der Waals surface area contributed by atoms with Gasteiger partial charge in [0.1, 0.15) is 6.26 Å². The molecule has 0 saturated carbocycles. The second-order valence-electron chi connectivity index (χ2n) is 0.676. The molecule has 0 radical (unpaired) electrons. The van der Waals surface area contributed by atoms with Gasteiger partial charge in [0.2, 0.25) is 0 Å². The lowest BCUT2D eigenvalue weighted by Crippen LogP contribution is -1.38. The first-order valence-electron chi connectivity index (χ1n) is 3.32. The minimum absolute atomic E-state index is 1.38. The van der Waals surface area contributed by atoms with Crippen LogP contribution in [0.4, 0.5) is 0 Å². The van der Waals surface area contributed by atoms with Gasteiger partial charge in [-0.05, 0) is 0 Å². The zero-order chi connectivity index (χ0) is 7.54. The Balaban J connectivity index is 0. The standard InChI is InChI=1S/C3H3NO.2C2H6/c1-2-5-3-4-1;2*1-2/h1-3H;2*1-2H3. The van der Waals surface area contributed by atoms with Gasteiger partial charge in [0, 0.05) is 0 Å². The van der Waals surface area contributed by atoms with E-state index >= 15 is 0 Å². The van der Waals surface area contributed by atoms with Crippen LogP contribution in [0.25, 0.3) is 0 Å². The topological polar surface area (TPSA) is 26.0 Å². The summed E-state index contributed by atoms with van der Waals surface area (Å²) in [5.41, 5.74) is 0. The van der Waals surface area contributed by atoms with Crippen LogP contribution in [0.2, 0.25) is 0 Å². The molecule has 9 heavy (non-hydrogen) atoms. The number of hydrogen-bond acceptors (Lipinski definition) is 2. The van der Waals surface area contributed by atoms with E-state index < -0.39 is 0 Å². The minimum atomic E-state index is 1.38. The van der Waals surface area contributed by atoms with E-state index in [4.69, 9.17) is 0 Å². The van der Waals surface area contributed by atoms with Crippen molar-refractivity contribution < 1.29 is 4.42 Å². The highest BCUT2D eigenvalue weighted by Gasteiger charge is 1.59. The maximum absolute atomic E-state index is 4.47. The highest BCUT2D eigenvalue weighted by atomic mass is 16.3. The van der Waals surface area contributed by atoms with Crippen LogP contribution in [0.15, 0.2) is 23.3 Å². The van der Waals surface area contributed by atoms with Crippen LogP contribution in [0.1, 0.15) is 27.7 Å². The molecule has 0 aliphatic rings. The summed E-state index contributed by atoms with van der Waals surface area (Å²) >= 11 is 0. The second kappa shape index (κ2) is 15.7. The van der Waals surface area contributed by atoms with E-state index in [9.17, 15) is 0 Å². The van der Waals surface area contributed by atoms with Gasteiger partial charge in [-0.25, -0.2) is 4.98 Å². The fourth-order valence-corrected chi connectivity index (χ4v) is 0.176. The van der Waals surface area contributed by atoms with Gasteiger partial charge in [0.15, 0.2) is 6.39 Å². The lowest BCUT2D eigenvalue weighted by Gasteiger charge is -1.47. The van der Waals surface area contributed by atoms with E-state index in [1.165, 1.54) is 12.7 Å². The van der Waals surface area contributed by atoms with E-state index in [1.54, 1.807) is 6.20 Å². The fraction of sp³-hybridized carbons (Fsp3) is 0.571. The van der Waals surface area contributed by atoms with Crippen molar-refractivity contribution in [1.29, 1.82) is 0 Å². The summed E-state index contributed by atoms with van der Waals surface area (Å²) in [4.78, 5) is 3.56. The Kier molecular flexibility index (Phi) is 19.3. The van der Waals surface area contributed by atoms with Gasteiger partial charge in [-0.15, -0.1) is 0 Å². The molecule has 0 atom stereocenters. The van der Waals surface area contributed by atoms with E-state index in [2.05, 4.69) is 9.40 Å². The number of nitrogens with zero attached hydrogens (tertiary/aromatic N) is 1. The first kappa shape index (κ1) is 11.1. The first-order chi connectivity index (χ1) is 4.50. The molecule has 0 fully saturated rings. The lowest BCUT2D eigenvalue weighted by molar-refractivity contribution is 0.558. The summed E-state index contributed by atoms with van der Waals surface area (Å²) in [6.45, 7) is 8.00. The first-order valence-corrected chi connectivity index (χ1v) is 3.32. The van der Waals surface area contributed by atoms with E-state index in [1.807, 2.05) is 27.7 Å². The summed E-state index contributed by atoms with van der Waals surface area (Å²) in [7, 11) is 0. The minimum Gasteiger partial charge on any atom is -0.452 e. The van der Waals surface area contributed by atoms with Crippen LogP contribution < -0.4 is 0 Å². The predicted molar refractivity (Wildman–Crippen MR) is 39.2 cm³/mol. The maximum atomic E-state index is 4.47. The predicted octanol–water partition coefficient (Wildman–Crippen LogP) is 2.73. The van der Waals surface area contributed by atoms with Crippen molar-refractivity contribution in [3.05, 3.63) is 18.9 Å². The van der Waals surface area contributed by atoms with Gasteiger partial charge in [0.25, 0.3) is 0 Å². The Morgan fingerprint density at radius 3 is 1.78 bits per heavy atom. The molecule has 0 aliphatic carbocycles. The Bertz CT molecular complexity index is 65.4. The molecule has 2 nitrogen and oxygen atoms in total. The second-order valence-corrected chi connectivity index (χ2v) is 0.676. The van der Waals surface area contributed by atoms with Crippen LogP contribution in [-0.2, 0) is 0 Å². The van der Waals surface area contributed by atoms with Crippen molar-refractivity contribution >= 4 is 0 Å². The van der Waals surface area contributed by atoms with Crippen molar-refractivity contribution in [1.82, 2.24) is 4.98 Å². The monoisotopic (exact) mass is 129 g/mol. The largest absolute Gasteiger partial charge is 0.452 e. The van der Waals surface area contributed by atoms with Crippen LogP contribution in [0.3, 0.4) is 0 Å². The average molecular weight is 129 g/mol. The highest BCUT2D eigenvalue weighted by molar-refractivity contribution is 4.56. The van der Waals surface area contributed by atoms with Gasteiger partial charge in [-0.3, -0.25) is 0 Å². The molecule has 0 spiro atoms. The van der Waals surface area contributed by atoms with Gasteiger partial charge in [-0.2, -0.15) is 0 Å². The highest BCUT2D eigenvalue weighted by Crippen LogP contribution is 1.72. The van der Waals surface area contributed by atoms with Gasteiger partial charge in [0.05, 0.1) is 6.20 Å². The molecule has 0 bridgehead atoms. The number of hydrogen-bond donors (Lipinski definition) is 0. The molecule has 1 aromatic rings. The molecule has 1 aromatic heterocycles. The van der Waals surface area contributed by atoms with Crippen molar-refractivity contribution in [3.63, 3.8) is 0 Å². The Morgan fingerprint density at radius 1 is 1.11 bits per heavy atom. The molecule has 0 aliphatic heterocycles. The van der Waals surface area contributed by atoms with Crippen LogP contribution in [-0.4, -0.2) is 4.98 Å². The Morgan fingerprint density at radius 2 is 1.67 bits per heavy atom. The molecular formula is C7H15NO. The maximum Gasteiger partial charge on any atom is 0.180 e. The van der Waals surface area contributed by atoms with Crippen molar-refractivity contribution in [2.24, 2.45) is 0 Å². The summed E-state index contributed by atoms with van der Waals surface area (Å²) < 4.78 is 4.47. The third-order valence-electron chi connectivity index (χ3n) is 0.347. The molecule has 2 heteroatoms. The van der Waals surface area contributed by atoms with Crippen molar-refractivity contribution in [2.45, 2.75) is 27.7 Å². The third kappa shape index (κ3) is 11.0. The van der Waals surface area contributed by atoms with Crippen LogP contribution in [0.5, 0.6) is 0 Å². The third-order valence-corrected chi connectivity index (χ3v) is 0.347. The molecule has 0 unspecified atom stereocenters.